The lowest BCUT2D eigenvalue weighted by Crippen LogP contribution is -2.65. The molecule has 3 aliphatic carbocycles. The second-order valence-corrected chi connectivity index (χ2v) is 11.7. The van der Waals surface area contributed by atoms with E-state index in [0.717, 1.165) is 51.3 Å². The zero-order valence-corrected chi connectivity index (χ0v) is 20.4. The maximum atomic E-state index is 12.8. The van der Waals surface area contributed by atoms with Gasteiger partial charge in [-0.3, -0.25) is 0 Å². The maximum Gasteiger partial charge on any atom is 0.320 e. The van der Waals surface area contributed by atoms with Gasteiger partial charge < -0.3 is 14.9 Å². The molecular weight excluding hydrogens is 444 g/mol. The molecule has 5 fully saturated rings. The summed E-state index contributed by atoms with van der Waals surface area (Å²) in [6, 6.07) is 4.64. The van der Waals surface area contributed by atoms with E-state index in [2.05, 4.69) is 14.8 Å². The number of fused-ring (bicyclic) bond motifs is 1. The van der Waals surface area contributed by atoms with Gasteiger partial charge in [-0.25, -0.2) is 18.9 Å². The summed E-state index contributed by atoms with van der Waals surface area (Å²) in [6.45, 7) is 5.04. The van der Waals surface area contributed by atoms with Crippen LogP contribution in [0.4, 0.5) is 9.18 Å². The number of phenolic OH excluding ortho intramolecular Hbond substituents is 1. The fraction of sp³-hybridized carbons (Fsp3) is 0.654. The first-order chi connectivity index (χ1) is 16.7. The van der Waals surface area contributed by atoms with Gasteiger partial charge in [0.05, 0.1) is 13.9 Å². The Kier molecular flexibility index (Phi) is 5.38. The summed E-state index contributed by atoms with van der Waals surface area (Å²) in [5.41, 5.74) is 0.803. The number of benzene rings is 1. The summed E-state index contributed by atoms with van der Waals surface area (Å²) in [5, 5.41) is 13.3. The van der Waals surface area contributed by atoms with Gasteiger partial charge in [-0.05, 0) is 74.0 Å². The highest BCUT2D eigenvalue weighted by Crippen LogP contribution is 2.56. The van der Waals surface area contributed by atoms with E-state index in [4.69, 9.17) is 13.0 Å². The zero-order valence-electron chi connectivity index (χ0n) is 20.4. The lowest BCUT2D eigenvalue weighted by Gasteiger charge is -2.59. The summed E-state index contributed by atoms with van der Waals surface area (Å²) < 4.78 is 14.5. The Balaban J connectivity index is 0.000000217. The second-order valence-electron chi connectivity index (χ2n) is 11.7. The summed E-state index contributed by atoms with van der Waals surface area (Å²) in [4.78, 5) is 21.4. The number of aromatic hydroxyl groups is 1. The number of carbonyl (C=O) groups excluding carboxylic acids is 1. The highest BCUT2D eigenvalue weighted by Gasteiger charge is 2.56. The molecule has 3 saturated carbocycles. The maximum absolute atomic E-state index is 12.8. The average Bonchev–Trinajstić information content (AvgIpc) is 3.24. The molecule has 2 amide bonds. The van der Waals surface area contributed by atoms with Crippen molar-refractivity contribution in [1.82, 2.24) is 24.6 Å². The molecule has 2 aliphatic heterocycles. The Morgan fingerprint density at radius 2 is 1.94 bits per heavy atom. The first kappa shape index (κ1) is 22.9. The number of aryl methyl sites for hydroxylation is 1. The Hall–Kier alpha value is -2.58. The van der Waals surface area contributed by atoms with E-state index in [1.807, 2.05) is 16.1 Å². The minimum Gasteiger partial charge on any atom is -0.508 e. The summed E-state index contributed by atoms with van der Waals surface area (Å²) in [7, 11) is 6.52. The Bertz CT molecular complexity index is 1120. The van der Waals surface area contributed by atoms with E-state index < -0.39 is 0 Å². The minimum absolute atomic E-state index is 0.105. The van der Waals surface area contributed by atoms with Crippen molar-refractivity contribution < 1.29 is 14.3 Å². The van der Waals surface area contributed by atoms with Crippen molar-refractivity contribution in [2.24, 2.45) is 11.3 Å². The van der Waals surface area contributed by atoms with Gasteiger partial charge in [0.2, 0.25) is 0 Å². The highest BCUT2D eigenvalue weighted by molar-refractivity contribution is 6.16. The predicted molar refractivity (Wildman–Crippen MR) is 130 cm³/mol. The van der Waals surface area contributed by atoms with E-state index in [9.17, 15) is 9.18 Å². The van der Waals surface area contributed by atoms with Gasteiger partial charge in [-0.15, -0.1) is 0 Å². The summed E-state index contributed by atoms with van der Waals surface area (Å²) >= 11 is 0. The van der Waals surface area contributed by atoms with Crippen molar-refractivity contribution in [3.05, 3.63) is 41.7 Å². The van der Waals surface area contributed by atoms with Gasteiger partial charge in [0.1, 0.15) is 17.9 Å². The normalized spacial score (nSPS) is 28.8. The van der Waals surface area contributed by atoms with E-state index in [1.54, 1.807) is 6.92 Å². The number of aromatic nitrogens is 3. The number of urea groups is 1. The number of likely N-dealkylation sites (tertiary alicyclic amines) is 2. The molecule has 7 rings (SSSR count). The van der Waals surface area contributed by atoms with Gasteiger partial charge in [-0.2, -0.15) is 5.10 Å². The second kappa shape index (κ2) is 8.24. The lowest BCUT2D eigenvalue weighted by molar-refractivity contribution is -0.0734. The first-order valence-corrected chi connectivity index (χ1v) is 12.9. The SMILES string of the molecule is Cc1cc(O)ccc1F.[B][C@@]12CCC[C@@H]1CN(C(=O)N1CC3(CC(n4cnc(C5CC5)n4)C3)C1)C2. The van der Waals surface area contributed by atoms with Crippen LogP contribution in [0.5, 0.6) is 5.75 Å². The molecule has 0 unspecified atom stereocenters. The van der Waals surface area contributed by atoms with E-state index in [1.165, 1.54) is 43.9 Å². The van der Waals surface area contributed by atoms with Crippen molar-refractivity contribution in [1.29, 1.82) is 0 Å². The number of hydrogen-bond donors (Lipinski definition) is 1. The molecular formula is C26H33BFN5O2. The average molecular weight is 477 g/mol. The van der Waals surface area contributed by atoms with Gasteiger partial charge in [0, 0.05) is 37.5 Å². The number of halogens is 1. The molecule has 1 spiro atoms. The highest BCUT2D eigenvalue weighted by atomic mass is 19.1. The van der Waals surface area contributed by atoms with Crippen molar-refractivity contribution in [3.8, 4) is 5.75 Å². The molecule has 35 heavy (non-hydrogen) atoms. The molecule has 0 bridgehead atoms. The number of hydrogen-bond acceptors (Lipinski definition) is 4. The van der Waals surface area contributed by atoms with Crippen LogP contribution >= 0.6 is 0 Å². The molecule has 5 aliphatic rings. The smallest absolute Gasteiger partial charge is 0.320 e. The van der Waals surface area contributed by atoms with Crippen molar-refractivity contribution in [2.75, 3.05) is 26.2 Å². The minimum atomic E-state index is -0.284. The summed E-state index contributed by atoms with van der Waals surface area (Å²) in [5.74, 6) is 1.99. The Morgan fingerprint density at radius 3 is 2.60 bits per heavy atom. The molecule has 1 aromatic carbocycles. The topological polar surface area (TPSA) is 74.5 Å². The molecule has 2 atom stereocenters. The molecule has 2 aromatic rings. The third kappa shape index (κ3) is 4.21. The van der Waals surface area contributed by atoms with Crippen molar-refractivity contribution in [2.45, 2.75) is 69.1 Å². The Morgan fingerprint density at radius 1 is 1.17 bits per heavy atom. The van der Waals surface area contributed by atoms with Crippen LogP contribution in [0.1, 0.15) is 68.3 Å². The third-order valence-electron chi connectivity index (χ3n) is 8.85. The van der Waals surface area contributed by atoms with Crippen LogP contribution in [-0.2, 0) is 0 Å². The van der Waals surface area contributed by atoms with Crippen LogP contribution in [0.3, 0.4) is 0 Å². The van der Waals surface area contributed by atoms with Gasteiger partial charge in [0.25, 0.3) is 0 Å². The molecule has 1 aromatic heterocycles. The fourth-order valence-electron chi connectivity index (χ4n) is 6.59. The van der Waals surface area contributed by atoms with Gasteiger partial charge in [-0.1, -0.05) is 12.8 Å². The molecule has 1 N–H and O–H groups in total. The molecule has 2 saturated heterocycles. The van der Waals surface area contributed by atoms with Gasteiger partial charge in [0.15, 0.2) is 5.82 Å². The number of phenols is 1. The number of carbonyl (C=O) groups is 1. The molecule has 7 nitrogen and oxygen atoms in total. The Labute approximate surface area is 207 Å². The lowest BCUT2D eigenvalue weighted by atomic mass is 9.61. The van der Waals surface area contributed by atoms with Crippen LogP contribution < -0.4 is 0 Å². The number of amides is 2. The number of rotatable bonds is 2. The predicted octanol–water partition coefficient (Wildman–Crippen LogP) is 4.20. The molecule has 9 heteroatoms. The summed E-state index contributed by atoms with van der Waals surface area (Å²) in [6.07, 6.45) is 10.2. The van der Waals surface area contributed by atoms with Crippen LogP contribution in [0.2, 0.25) is 5.31 Å². The number of nitrogens with zero attached hydrogens (tertiary/aromatic N) is 5. The van der Waals surface area contributed by atoms with E-state index >= 15 is 0 Å². The fourth-order valence-corrected chi connectivity index (χ4v) is 6.59. The van der Waals surface area contributed by atoms with Crippen LogP contribution in [0, 0.1) is 24.1 Å². The van der Waals surface area contributed by atoms with Crippen LogP contribution in [0.15, 0.2) is 24.5 Å². The molecule has 3 heterocycles. The monoisotopic (exact) mass is 477 g/mol. The standard InChI is InChI=1S/C19H26BN5O.C7H7FO/c20-19-5-1-2-14(19)8-23(11-19)17(26)24-9-18(10-24)6-15(7-18)25-12-21-16(22-25)13-3-4-13;1-5-4-6(9)2-3-7(5)8/h12-15H,1-11H2;2-4,9H,1H3/t14-,19-;/m1./s1. The van der Waals surface area contributed by atoms with Crippen molar-refractivity contribution >= 4 is 13.9 Å². The van der Waals surface area contributed by atoms with Crippen molar-refractivity contribution in [3.63, 3.8) is 0 Å². The molecule has 2 radical (unpaired) electrons. The zero-order chi connectivity index (χ0) is 24.4. The largest absolute Gasteiger partial charge is 0.508 e. The van der Waals surface area contributed by atoms with Crippen LogP contribution in [-0.4, -0.2) is 69.7 Å². The van der Waals surface area contributed by atoms with Gasteiger partial charge >= 0.3 is 6.03 Å². The first-order valence-electron chi connectivity index (χ1n) is 12.9. The quantitative estimate of drug-likeness (QED) is 0.659. The van der Waals surface area contributed by atoms with E-state index in [0.29, 0.717) is 28.9 Å². The van der Waals surface area contributed by atoms with E-state index in [-0.39, 0.29) is 22.9 Å². The molecule has 184 valence electrons. The third-order valence-corrected chi connectivity index (χ3v) is 8.85. The van der Waals surface area contributed by atoms with Crippen LogP contribution in [0.25, 0.3) is 0 Å².